The SMILES string of the molecule is N#CCOc1ccc(OC(=O)c2ccccc2)cc1CBr. The van der Waals surface area contributed by atoms with Crippen molar-refractivity contribution in [1.29, 1.82) is 5.26 Å². The topological polar surface area (TPSA) is 59.3 Å². The Morgan fingerprint density at radius 2 is 1.95 bits per heavy atom. The number of benzene rings is 2. The number of nitrogens with zero attached hydrogens (tertiary/aromatic N) is 1. The number of halogens is 1. The summed E-state index contributed by atoms with van der Waals surface area (Å²) in [5, 5.41) is 9.07. The van der Waals surface area contributed by atoms with Gasteiger partial charge in [0.05, 0.1) is 5.56 Å². The van der Waals surface area contributed by atoms with E-state index in [0.29, 0.717) is 22.4 Å². The van der Waals surface area contributed by atoms with Crippen LogP contribution in [0.15, 0.2) is 48.5 Å². The van der Waals surface area contributed by atoms with Crippen LogP contribution in [0.25, 0.3) is 0 Å². The van der Waals surface area contributed by atoms with Crippen molar-refractivity contribution in [3.8, 4) is 17.6 Å². The van der Waals surface area contributed by atoms with Crippen molar-refractivity contribution in [1.82, 2.24) is 0 Å². The molecule has 0 heterocycles. The van der Waals surface area contributed by atoms with Crippen LogP contribution in [0.3, 0.4) is 0 Å². The summed E-state index contributed by atoms with van der Waals surface area (Å²) < 4.78 is 10.6. The van der Waals surface area contributed by atoms with Crippen LogP contribution >= 0.6 is 15.9 Å². The summed E-state index contributed by atoms with van der Waals surface area (Å²) in [6.07, 6.45) is 0. The minimum atomic E-state index is -0.415. The lowest BCUT2D eigenvalue weighted by molar-refractivity contribution is 0.0734. The van der Waals surface area contributed by atoms with Gasteiger partial charge in [-0.3, -0.25) is 0 Å². The van der Waals surface area contributed by atoms with Gasteiger partial charge < -0.3 is 9.47 Å². The molecule has 5 heteroatoms. The van der Waals surface area contributed by atoms with E-state index in [0.717, 1.165) is 5.56 Å². The molecule has 0 atom stereocenters. The Kier molecular flexibility index (Phi) is 5.35. The molecule has 0 saturated carbocycles. The van der Waals surface area contributed by atoms with Crippen molar-refractivity contribution in [2.45, 2.75) is 5.33 Å². The minimum Gasteiger partial charge on any atom is -0.478 e. The van der Waals surface area contributed by atoms with Gasteiger partial charge in [-0.15, -0.1) is 0 Å². The number of hydrogen-bond acceptors (Lipinski definition) is 4. The second kappa shape index (κ2) is 7.46. The zero-order chi connectivity index (χ0) is 15.1. The number of carbonyl (C=O) groups excluding carboxylic acids is 1. The van der Waals surface area contributed by atoms with Crippen LogP contribution in [0, 0.1) is 11.3 Å². The molecular weight excluding hydrogens is 334 g/mol. The first-order valence-corrected chi connectivity index (χ1v) is 7.32. The van der Waals surface area contributed by atoms with Crippen LogP contribution in [-0.4, -0.2) is 12.6 Å². The Hall–Kier alpha value is -2.32. The zero-order valence-electron chi connectivity index (χ0n) is 11.1. The van der Waals surface area contributed by atoms with Gasteiger partial charge in [0.2, 0.25) is 0 Å². The van der Waals surface area contributed by atoms with Crippen molar-refractivity contribution < 1.29 is 14.3 Å². The number of rotatable bonds is 5. The Morgan fingerprint density at radius 1 is 1.19 bits per heavy atom. The maximum absolute atomic E-state index is 12.0. The Bertz CT molecular complexity index is 665. The highest BCUT2D eigenvalue weighted by Crippen LogP contribution is 2.26. The van der Waals surface area contributed by atoms with E-state index < -0.39 is 5.97 Å². The van der Waals surface area contributed by atoms with E-state index in [-0.39, 0.29) is 6.61 Å². The number of nitriles is 1. The molecule has 0 aromatic heterocycles. The Morgan fingerprint density at radius 3 is 2.62 bits per heavy atom. The van der Waals surface area contributed by atoms with E-state index in [1.54, 1.807) is 42.5 Å². The van der Waals surface area contributed by atoms with E-state index in [1.165, 1.54) is 0 Å². The molecule has 0 saturated heterocycles. The first-order chi connectivity index (χ1) is 10.2. The molecule has 0 fully saturated rings. The molecular formula is C16H12BrNO3. The van der Waals surface area contributed by atoms with E-state index >= 15 is 0 Å². The molecule has 0 aliphatic heterocycles. The number of alkyl halides is 1. The fourth-order valence-electron chi connectivity index (χ4n) is 1.71. The lowest BCUT2D eigenvalue weighted by Crippen LogP contribution is -2.08. The highest BCUT2D eigenvalue weighted by Gasteiger charge is 2.10. The molecule has 0 amide bonds. The van der Waals surface area contributed by atoms with Crippen molar-refractivity contribution in [2.75, 3.05) is 6.61 Å². The van der Waals surface area contributed by atoms with E-state index in [2.05, 4.69) is 15.9 Å². The van der Waals surface area contributed by atoms with Crippen LogP contribution < -0.4 is 9.47 Å². The molecule has 0 spiro atoms. The summed E-state index contributed by atoms with van der Waals surface area (Å²) in [4.78, 5) is 12.0. The number of carbonyl (C=O) groups is 1. The second-order valence-electron chi connectivity index (χ2n) is 4.11. The summed E-state index contributed by atoms with van der Waals surface area (Å²) >= 11 is 3.34. The van der Waals surface area contributed by atoms with E-state index in [4.69, 9.17) is 14.7 Å². The van der Waals surface area contributed by atoms with Gasteiger partial charge in [-0.25, -0.2) is 4.79 Å². The van der Waals surface area contributed by atoms with Gasteiger partial charge in [0.25, 0.3) is 0 Å². The number of esters is 1. The Labute approximate surface area is 131 Å². The zero-order valence-corrected chi connectivity index (χ0v) is 12.7. The maximum Gasteiger partial charge on any atom is 0.343 e. The molecule has 0 radical (unpaired) electrons. The molecule has 0 N–H and O–H groups in total. The van der Waals surface area contributed by atoms with Gasteiger partial charge in [-0.1, -0.05) is 34.1 Å². The second-order valence-corrected chi connectivity index (χ2v) is 4.67. The van der Waals surface area contributed by atoms with Crippen molar-refractivity contribution in [2.24, 2.45) is 0 Å². The molecule has 4 nitrogen and oxygen atoms in total. The first kappa shape index (κ1) is 15.1. The number of hydrogen-bond donors (Lipinski definition) is 0. The molecule has 2 rings (SSSR count). The monoisotopic (exact) mass is 345 g/mol. The highest BCUT2D eigenvalue weighted by molar-refractivity contribution is 9.08. The summed E-state index contributed by atoms with van der Waals surface area (Å²) in [5.74, 6) is 0.609. The summed E-state index contributed by atoms with van der Waals surface area (Å²) in [5.41, 5.74) is 1.30. The normalized spacial score (nSPS) is 9.71. The maximum atomic E-state index is 12.0. The van der Waals surface area contributed by atoms with Crippen LogP contribution in [0.4, 0.5) is 0 Å². The van der Waals surface area contributed by atoms with Gasteiger partial charge in [0.1, 0.15) is 17.6 Å². The molecule has 2 aromatic rings. The molecule has 0 bridgehead atoms. The third-order valence-electron chi connectivity index (χ3n) is 2.69. The van der Waals surface area contributed by atoms with E-state index in [1.807, 2.05) is 12.1 Å². The predicted octanol–water partition coefficient (Wildman–Crippen LogP) is 3.70. The molecule has 0 aliphatic rings. The summed E-state index contributed by atoms with van der Waals surface area (Å²) in [6, 6.07) is 15.7. The fraction of sp³-hybridized carbons (Fsp3) is 0.125. The van der Waals surface area contributed by atoms with Gasteiger partial charge >= 0.3 is 5.97 Å². The molecule has 106 valence electrons. The fourth-order valence-corrected chi connectivity index (χ4v) is 2.15. The lowest BCUT2D eigenvalue weighted by Gasteiger charge is -2.10. The lowest BCUT2D eigenvalue weighted by atomic mass is 10.2. The third kappa shape index (κ3) is 4.07. The highest BCUT2D eigenvalue weighted by atomic mass is 79.9. The van der Waals surface area contributed by atoms with Gasteiger partial charge in [-0.2, -0.15) is 5.26 Å². The molecule has 2 aromatic carbocycles. The summed E-state index contributed by atoms with van der Waals surface area (Å²) in [6.45, 7) is -0.0247. The third-order valence-corrected chi connectivity index (χ3v) is 3.29. The van der Waals surface area contributed by atoms with Crippen molar-refractivity contribution >= 4 is 21.9 Å². The quantitative estimate of drug-likeness (QED) is 0.471. The van der Waals surface area contributed by atoms with Gasteiger partial charge in [0, 0.05) is 10.9 Å². The van der Waals surface area contributed by atoms with Crippen molar-refractivity contribution in [3.63, 3.8) is 0 Å². The summed E-state index contributed by atoms with van der Waals surface area (Å²) in [7, 11) is 0. The van der Waals surface area contributed by atoms with Crippen LogP contribution in [0.2, 0.25) is 0 Å². The predicted molar refractivity (Wildman–Crippen MR) is 81.6 cm³/mol. The van der Waals surface area contributed by atoms with Crippen LogP contribution in [0.1, 0.15) is 15.9 Å². The van der Waals surface area contributed by atoms with Crippen LogP contribution in [0.5, 0.6) is 11.5 Å². The van der Waals surface area contributed by atoms with Crippen molar-refractivity contribution in [3.05, 3.63) is 59.7 Å². The average molecular weight is 346 g/mol. The Balaban J connectivity index is 2.14. The first-order valence-electron chi connectivity index (χ1n) is 6.20. The van der Waals surface area contributed by atoms with Crippen LogP contribution in [-0.2, 0) is 5.33 Å². The number of ether oxygens (including phenoxy) is 2. The largest absolute Gasteiger partial charge is 0.478 e. The van der Waals surface area contributed by atoms with E-state index in [9.17, 15) is 4.79 Å². The minimum absolute atomic E-state index is 0.0247. The molecule has 0 aliphatic carbocycles. The standard InChI is InChI=1S/C16H12BrNO3/c17-11-13-10-14(6-7-15(13)20-9-8-18)21-16(19)12-4-2-1-3-5-12/h1-7,10H,9,11H2. The average Bonchev–Trinajstić information content (AvgIpc) is 2.54. The molecule has 0 unspecified atom stereocenters. The molecule has 21 heavy (non-hydrogen) atoms. The van der Waals surface area contributed by atoms with Gasteiger partial charge in [0.15, 0.2) is 6.61 Å². The van der Waals surface area contributed by atoms with Gasteiger partial charge in [-0.05, 0) is 30.3 Å². The smallest absolute Gasteiger partial charge is 0.343 e.